The third kappa shape index (κ3) is 5.63. The summed E-state index contributed by atoms with van der Waals surface area (Å²) in [6.45, 7) is -3.59. The van der Waals surface area contributed by atoms with E-state index in [1.165, 1.54) is 13.1 Å². The van der Waals surface area contributed by atoms with Crippen molar-refractivity contribution >= 4 is 26.3 Å². The summed E-state index contributed by atoms with van der Waals surface area (Å²) in [6.07, 6.45) is -1.99. The lowest BCUT2D eigenvalue weighted by Crippen LogP contribution is -2.33. The first-order valence-electron chi connectivity index (χ1n) is 6.78. The molecule has 2 heterocycles. The van der Waals surface area contributed by atoms with Gasteiger partial charge in [-0.1, -0.05) is 0 Å². The third-order valence-electron chi connectivity index (χ3n) is 3.27. The molecule has 0 amide bonds. The number of ether oxygens (including phenoxy) is 1. The van der Waals surface area contributed by atoms with Crippen LogP contribution in [-0.2, 0) is 29.9 Å². The maximum absolute atomic E-state index is 11.8. The fourth-order valence-electron chi connectivity index (χ4n) is 2.16. The number of nitrogens with one attached hydrogen (secondary N) is 1. The van der Waals surface area contributed by atoms with Gasteiger partial charge in [-0.15, -0.1) is 0 Å². The van der Waals surface area contributed by atoms with E-state index in [4.69, 9.17) is 14.5 Å². The molecule has 0 bridgehead atoms. The molecule has 1 aromatic heterocycles. The Hall–Kier alpha value is -0.720. The standard InChI is InChI=1S/C10H16N2O10P2S/c1-5-3-12(10(15)11-9(5)14)8-2-6(13)7(21-8)4-20-23(16,17)22-24(18,19)25/h3,6-8,13H,2,4H2,1H3,(H,16,17)(H,11,14,15)(H2,18,19,25)/t6?,7-,8-/m1/s1. The van der Waals surface area contributed by atoms with Crippen molar-refractivity contribution in [1.29, 1.82) is 0 Å². The summed E-state index contributed by atoms with van der Waals surface area (Å²) in [6, 6.07) is 0. The van der Waals surface area contributed by atoms with Gasteiger partial charge in [0.05, 0.1) is 12.7 Å². The zero-order valence-electron chi connectivity index (χ0n) is 12.7. The molecule has 1 fully saturated rings. The SMILES string of the molecule is Cc1cn([C@H]2CC(O)[C@@H](COP(=O)(O)OP(O)(O)=S)O2)c(=O)[nH]c1=O. The highest BCUT2D eigenvalue weighted by Gasteiger charge is 2.38. The van der Waals surface area contributed by atoms with Crippen molar-refractivity contribution in [3.63, 3.8) is 0 Å². The van der Waals surface area contributed by atoms with Crippen LogP contribution < -0.4 is 11.2 Å². The lowest BCUT2D eigenvalue weighted by molar-refractivity contribution is -0.0448. The van der Waals surface area contributed by atoms with Gasteiger partial charge in [0.15, 0.2) is 0 Å². The largest absolute Gasteiger partial charge is 0.479 e. The van der Waals surface area contributed by atoms with Crippen LogP contribution in [0.2, 0.25) is 0 Å². The van der Waals surface area contributed by atoms with E-state index in [0.29, 0.717) is 0 Å². The van der Waals surface area contributed by atoms with E-state index in [2.05, 4.69) is 25.6 Å². The number of aromatic amines is 1. The minimum Gasteiger partial charge on any atom is -0.390 e. The van der Waals surface area contributed by atoms with E-state index < -0.39 is 50.8 Å². The van der Waals surface area contributed by atoms with Crippen LogP contribution in [0, 0.1) is 6.92 Å². The molecule has 0 radical (unpaired) electrons. The molecule has 1 aliphatic rings. The lowest BCUT2D eigenvalue weighted by atomic mass is 10.2. The van der Waals surface area contributed by atoms with Gasteiger partial charge in [-0.3, -0.25) is 18.9 Å². The van der Waals surface area contributed by atoms with E-state index in [9.17, 15) is 24.2 Å². The zero-order chi connectivity index (χ0) is 19.0. The van der Waals surface area contributed by atoms with E-state index >= 15 is 0 Å². The average Bonchev–Trinajstić information content (AvgIpc) is 2.79. The van der Waals surface area contributed by atoms with E-state index in [-0.39, 0.29) is 12.0 Å². The molecule has 12 nitrogen and oxygen atoms in total. The molecule has 5 N–H and O–H groups in total. The molecule has 0 aromatic carbocycles. The summed E-state index contributed by atoms with van der Waals surface area (Å²) in [7, 11) is -4.87. The maximum Gasteiger partial charge on any atom is 0.479 e. The van der Waals surface area contributed by atoms with Gasteiger partial charge >= 0.3 is 20.2 Å². The summed E-state index contributed by atoms with van der Waals surface area (Å²) in [5.74, 6) is 0. The first-order chi connectivity index (χ1) is 11.4. The second kappa shape index (κ2) is 7.49. The topological polar surface area (TPSA) is 181 Å². The summed E-state index contributed by atoms with van der Waals surface area (Å²) < 4.78 is 26.5. The Kier molecular flexibility index (Phi) is 6.17. The Labute approximate surface area is 145 Å². The fourth-order valence-corrected chi connectivity index (χ4v) is 4.52. The van der Waals surface area contributed by atoms with Crippen LogP contribution >= 0.6 is 14.5 Å². The van der Waals surface area contributed by atoms with Crippen molar-refractivity contribution in [2.75, 3.05) is 6.61 Å². The highest BCUT2D eigenvalue weighted by Crippen LogP contribution is 2.57. The second-order valence-electron chi connectivity index (χ2n) is 5.25. The summed E-state index contributed by atoms with van der Waals surface area (Å²) in [4.78, 5) is 52.3. The van der Waals surface area contributed by atoms with Gasteiger partial charge in [0, 0.05) is 18.2 Å². The van der Waals surface area contributed by atoms with E-state index in [1.54, 1.807) is 0 Å². The number of aliphatic hydroxyl groups is 1. The number of phosphoric ester groups is 1. The Bertz CT molecular complexity index is 847. The molecule has 15 heteroatoms. The van der Waals surface area contributed by atoms with Gasteiger partial charge in [0.1, 0.15) is 12.3 Å². The molecule has 1 saturated heterocycles. The van der Waals surface area contributed by atoms with Crippen molar-refractivity contribution in [2.45, 2.75) is 31.8 Å². The number of phosphoric acid groups is 1. The van der Waals surface area contributed by atoms with Gasteiger partial charge < -0.3 is 24.5 Å². The minimum atomic E-state index is -4.87. The Morgan fingerprint density at radius 1 is 1.44 bits per heavy atom. The first-order valence-corrected chi connectivity index (χ1v) is 10.9. The van der Waals surface area contributed by atoms with Crippen molar-refractivity contribution < 1.29 is 37.9 Å². The number of hydrogen-bond acceptors (Lipinski definition) is 8. The summed E-state index contributed by atoms with van der Waals surface area (Å²) >= 11 is 4.06. The van der Waals surface area contributed by atoms with Crippen LogP contribution in [0.25, 0.3) is 0 Å². The van der Waals surface area contributed by atoms with Crippen LogP contribution in [0.4, 0.5) is 0 Å². The number of hydrogen-bond donors (Lipinski definition) is 5. The van der Waals surface area contributed by atoms with Gasteiger partial charge in [-0.2, -0.15) is 0 Å². The van der Waals surface area contributed by atoms with Crippen molar-refractivity contribution in [3.8, 4) is 0 Å². The quantitative estimate of drug-likeness (QED) is 0.351. The highest BCUT2D eigenvalue weighted by molar-refractivity contribution is 8.08. The van der Waals surface area contributed by atoms with Gasteiger partial charge in [0.25, 0.3) is 5.56 Å². The molecule has 4 atom stereocenters. The number of rotatable bonds is 6. The van der Waals surface area contributed by atoms with E-state index in [1.807, 2.05) is 0 Å². The smallest absolute Gasteiger partial charge is 0.390 e. The molecule has 0 saturated carbocycles. The van der Waals surface area contributed by atoms with Crippen molar-refractivity contribution in [2.24, 2.45) is 0 Å². The van der Waals surface area contributed by atoms with Crippen LogP contribution in [0.1, 0.15) is 18.2 Å². The Balaban J connectivity index is 2.06. The predicted molar refractivity (Wildman–Crippen MR) is 86.2 cm³/mol. The predicted octanol–water partition coefficient (Wildman–Crippen LogP) is -1.16. The molecule has 2 unspecified atom stereocenters. The first kappa shape index (κ1) is 20.6. The van der Waals surface area contributed by atoms with Gasteiger partial charge in [-0.25, -0.2) is 13.7 Å². The van der Waals surface area contributed by atoms with Crippen molar-refractivity contribution in [1.82, 2.24) is 9.55 Å². The molecule has 0 spiro atoms. The summed E-state index contributed by atoms with van der Waals surface area (Å²) in [5.41, 5.74) is -1.05. The fraction of sp³-hybridized carbons (Fsp3) is 0.600. The van der Waals surface area contributed by atoms with Crippen LogP contribution in [0.5, 0.6) is 0 Å². The summed E-state index contributed by atoms with van der Waals surface area (Å²) in [5, 5.41) is 9.95. The molecule has 1 aliphatic heterocycles. The number of aryl methyl sites for hydroxylation is 1. The Morgan fingerprint density at radius 2 is 2.08 bits per heavy atom. The molecule has 25 heavy (non-hydrogen) atoms. The van der Waals surface area contributed by atoms with Crippen LogP contribution in [-0.4, -0.2) is 48.2 Å². The average molecular weight is 418 g/mol. The zero-order valence-corrected chi connectivity index (χ0v) is 15.3. The number of H-pyrrole nitrogens is 1. The normalized spacial score (nSPS) is 26.5. The maximum atomic E-state index is 11.8. The van der Waals surface area contributed by atoms with Crippen molar-refractivity contribution in [3.05, 3.63) is 32.6 Å². The number of nitrogens with zero attached hydrogens (tertiary/aromatic N) is 1. The Morgan fingerprint density at radius 3 is 2.68 bits per heavy atom. The molecule has 1 aromatic rings. The second-order valence-corrected chi connectivity index (χ2v) is 9.50. The van der Waals surface area contributed by atoms with E-state index in [0.717, 1.165) is 4.57 Å². The van der Waals surface area contributed by atoms with Gasteiger partial charge in [0.2, 0.25) is 0 Å². The highest BCUT2D eigenvalue weighted by atomic mass is 32.5. The number of aromatic nitrogens is 2. The molecule has 0 aliphatic carbocycles. The number of aliphatic hydroxyl groups excluding tert-OH is 1. The molecule has 142 valence electrons. The molecular formula is C10H16N2O10P2S. The monoisotopic (exact) mass is 418 g/mol. The molecular weight excluding hydrogens is 402 g/mol. The minimum absolute atomic E-state index is 0.0476. The lowest BCUT2D eigenvalue weighted by Gasteiger charge is -2.19. The van der Waals surface area contributed by atoms with Gasteiger partial charge in [-0.05, 0) is 18.7 Å². The third-order valence-corrected chi connectivity index (χ3v) is 6.02. The molecule has 2 rings (SSSR count). The van der Waals surface area contributed by atoms with Crippen LogP contribution in [0.15, 0.2) is 15.8 Å². The van der Waals surface area contributed by atoms with Crippen LogP contribution in [0.3, 0.4) is 0 Å².